The van der Waals surface area contributed by atoms with Crippen molar-refractivity contribution in [1.82, 2.24) is 14.3 Å². The van der Waals surface area contributed by atoms with Crippen LogP contribution in [0.4, 0.5) is 0 Å². The molecule has 0 aliphatic carbocycles. The van der Waals surface area contributed by atoms with Gasteiger partial charge < -0.3 is 4.90 Å². The molecule has 0 fully saturated rings. The van der Waals surface area contributed by atoms with Crippen molar-refractivity contribution in [3.8, 4) is 0 Å². The van der Waals surface area contributed by atoms with Crippen molar-refractivity contribution in [3.63, 3.8) is 0 Å². The Labute approximate surface area is 140 Å². The van der Waals surface area contributed by atoms with Gasteiger partial charge in [0.1, 0.15) is 4.83 Å². The van der Waals surface area contributed by atoms with Crippen molar-refractivity contribution in [1.29, 1.82) is 0 Å². The Kier molecular flexibility index (Phi) is 2.83. The van der Waals surface area contributed by atoms with Gasteiger partial charge in [0.2, 0.25) is 0 Å². The number of hydrogen-bond donors (Lipinski definition) is 0. The van der Waals surface area contributed by atoms with E-state index in [4.69, 9.17) is 0 Å². The number of thiophene rings is 1. The highest BCUT2D eigenvalue weighted by molar-refractivity contribution is 7.21. The van der Waals surface area contributed by atoms with E-state index in [2.05, 4.69) is 27.6 Å². The second-order valence-corrected chi connectivity index (χ2v) is 7.62. The zero-order chi connectivity index (χ0) is 15.4. The van der Waals surface area contributed by atoms with Crippen molar-refractivity contribution in [2.75, 3.05) is 6.54 Å². The van der Waals surface area contributed by atoms with Crippen LogP contribution >= 0.6 is 22.7 Å². The quantitative estimate of drug-likeness (QED) is 0.529. The van der Waals surface area contributed by atoms with Gasteiger partial charge in [-0.25, -0.2) is 4.98 Å². The Morgan fingerprint density at radius 1 is 1.22 bits per heavy atom. The second-order valence-electron chi connectivity index (χ2n) is 5.71. The number of hydrogen-bond acceptors (Lipinski definition) is 4. The van der Waals surface area contributed by atoms with Gasteiger partial charge in [-0.05, 0) is 23.6 Å². The lowest BCUT2D eigenvalue weighted by atomic mass is 10.00. The molecule has 0 spiro atoms. The van der Waals surface area contributed by atoms with Crippen LogP contribution in [0.2, 0.25) is 0 Å². The molecule has 1 aliphatic rings. The highest BCUT2D eigenvalue weighted by atomic mass is 32.1. The number of aromatic nitrogens is 2. The van der Waals surface area contributed by atoms with E-state index in [1.807, 2.05) is 28.6 Å². The molecule has 4 aromatic rings. The normalized spacial score (nSPS) is 14.5. The van der Waals surface area contributed by atoms with Crippen molar-refractivity contribution in [3.05, 3.63) is 57.9 Å². The minimum atomic E-state index is 0.117. The number of rotatable bonds is 1. The lowest BCUT2D eigenvalue weighted by Gasteiger charge is -2.28. The predicted molar refractivity (Wildman–Crippen MR) is 93.3 cm³/mol. The summed E-state index contributed by atoms with van der Waals surface area (Å²) in [7, 11) is 0. The van der Waals surface area contributed by atoms with E-state index in [1.165, 1.54) is 22.5 Å². The fourth-order valence-corrected chi connectivity index (χ4v) is 4.95. The Bertz CT molecular complexity index is 1040. The Morgan fingerprint density at radius 3 is 3.00 bits per heavy atom. The molecule has 4 nitrogen and oxygen atoms in total. The molecule has 0 saturated heterocycles. The minimum absolute atomic E-state index is 0.117. The summed E-state index contributed by atoms with van der Waals surface area (Å²) in [6, 6.07) is 10.4. The number of carbonyl (C=O) groups is 1. The van der Waals surface area contributed by atoms with Gasteiger partial charge in [-0.1, -0.05) is 24.3 Å². The zero-order valence-electron chi connectivity index (χ0n) is 12.2. The summed E-state index contributed by atoms with van der Waals surface area (Å²) in [5, 5.41) is 2.02. The van der Waals surface area contributed by atoms with E-state index in [9.17, 15) is 4.79 Å². The van der Waals surface area contributed by atoms with Gasteiger partial charge in [0, 0.05) is 24.7 Å². The molecule has 0 radical (unpaired) electrons. The van der Waals surface area contributed by atoms with E-state index in [0.29, 0.717) is 6.54 Å². The first-order chi connectivity index (χ1) is 11.3. The van der Waals surface area contributed by atoms with Crippen molar-refractivity contribution < 1.29 is 4.79 Å². The van der Waals surface area contributed by atoms with Crippen LogP contribution in [0.3, 0.4) is 0 Å². The molecule has 1 aromatic carbocycles. The third-order valence-electron chi connectivity index (χ3n) is 4.37. The summed E-state index contributed by atoms with van der Waals surface area (Å²) in [5.74, 6) is 0.117. The number of carbonyl (C=O) groups excluding carboxylic acids is 1. The summed E-state index contributed by atoms with van der Waals surface area (Å²) >= 11 is 3.11. The highest BCUT2D eigenvalue weighted by Crippen LogP contribution is 2.30. The maximum atomic E-state index is 12.9. The van der Waals surface area contributed by atoms with Gasteiger partial charge in [0.25, 0.3) is 5.91 Å². The van der Waals surface area contributed by atoms with Crippen molar-refractivity contribution in [2.24, 2.45) is 0 Å². The lowest BCUT2D eigenvalue weighted by Crippen LogP contribution is -2.35. The Hall–Kier alpha value is -2.18. The summed E-state index contributed by atoms with van der Waals surface area (Å²) in [6.07, 6.45) is 2.94. The molecule has 114 valence electrons. The number of fused-ring (bicyclic) bond motifs is 4. The smallest absolute Gasteiger partial charge is 0.264 e. The van der Waals surface area contributed by atoms with Crippen LogP contribution < -0.4 is 0 Å². The fourth-order valence-electron chi connectivity index (χ4n) is 3.18. The average Bonchev–Trinajstić information content (AvgIpc) is 3.25. The molecule has 0 atom stereocenters. The van der Waals surface area contributed by atoms with Crippen LogP contribution in [0.5, 0.6) is 0 Å². The molecular weight excluding hydrogens is 326 g/mol. The molecule has 6 heteroatoms. The molecule has 3 aromatic heterocycles. The van der Waals surface area contributed by atoms with Crippen LogP contribution in [-0.2, 0) is 13.0 Å². The Morgan fingerprint density at radius 2 is 2.09 bits per heavy atom. The maximum absolute atomic E-state index is 12.9. The van der Waals surface area contributed by atoms with E-state index >= 15 is 0 Å². The average molecular weight is 339 g/mol. The van der Waals surface area contributed by atoms with E-state index in [0.717, 1.165) is 33.2 Å². The first-order valence-electron chi connectivity index (χ1n) is 7.51. The molecule has 0 bridgehead atoms. The molecule has 0 unspecified atom stereocenters. The zero-order valence-corrected chi connectivity index (χ0v) is 13.9. The van der Waals surface area contributed by atoms with Crippen molar-refractivity contribution in [2.45, 2.75) is 13.0 Å². The summed E-state index contributed by atoms with van der Waals surface area (Å²) in [6.45, 7) is 1.48. The van der Waals surface area contributed by atoms with Gasteiger partial charge in [-0.3, -0.25) is 9.20 Å². The third kappa shape index (κ3) is 2.02. The molecule has 0 saturated carbocycles. The molecule has 1 amide bonds. The molecule has 5 rings (SSSR count). The summed E-state index contributed by atoms with van der Waals surface area (Å²) in [5.41, 5.74) is 3.65. The fraction of sp³-hybridized carbons (Fsp3) is 0.176. The number of amides is 1. The lowest BCUT2D eigenvalue weighted by molar-refractivity contribution is 0.0739. The number of imidazole rings is 1. The highest BCUT2D eigenvalue weighted by Gasteiger charge is 2.24. The summed E-state index contributed by atoms with van der Waals surface area (Å²) in [4.78, 5) is 22.1. The van der Waals surface area contributed by atoms with Gasteiger partial charge in [-0.2, -0.15) is 0 Å². The predicted octanol–water partition coefficient (Wildman–Crippen LogP) is 3.81. The van der Waals surface area contributed by atoms with Crippen molar-refractivity contribution >= 4 is 43.9 Å². The van der Waals surface area contributed by atoms with E-state index in [1.54, 1.807) is 11.3 Å². The second kappa shape index (κ2) is 4.91. The SMILES string of the molecule is O=C(c1cc2c(nc3sccn32)s1)N1CCc2ccccc2C1. The Balaban J connectivity index is 1.49. The molecule has 23 heavy (non-hydrogen) atoms. The van der Waals surface area contributed by atoms with E-state index < -0.39 is 0 Å². The van der Waals surface area contributed by atoms with Gasteiger partial charge in [0.05, 0.1) is 10.4 Å². The number of benzene rings is 1. The van der Waals surface area contributed by atoms with Crippen LogP contribution in [0, 0.1) is 0 Å². The largest absolute Gasteiger partial charge is 0.333 e. The standard InChI is InChI=1S/C17H13N3OS2/c21-16(19-6-5-11-3-1-2-4-12(11)10-19)14-9-13-15(23-14)18-17-20(13)7-8-22-17/h1-4,7-9H,5-6,10H2. The number of nitrogens with zero attached hydrogens (tertiary/aromatic N) is 3. The van der Waals surface area contributed by atoms with Crippen LogP contribution in [0.1, 0.15) is 20.8 Å². The topological polar surface area (TPSA) is 37.6 Å². The van der Waals surface area contributed by atoms with Crippen LogP contribution in [0.15, 0.2) is 41.9 Å². The minimum Gasteiger partial charge on any atom is -0.333 e. The van der Waals surface area contributed by atoms with Gasteiger partial charge in [0.15, 0.2) is 4.96 Å². The molecule has 1 aliphatic heterocycles. The maximum Gasteiger partial charge on any atom is 0.264 e. The van der Waals surface area contributed by atoms with Gasteiger partial charge in [-0.15, -0.1) is 22.7 Å². The first kappa shape index (κ1) is 13.3. The van der Waals surface area contributed by atoms with Crippen LogP contribution in [0.25, 0.3) is 15.3 Å². The third-order valence-corrected chi connectivity index (χ3v) is 6.13. The molecule has 0 N–H and O–H groups in total. The summed E-state index contributed by atoms with van der Waals surface area (Å²) < 4.78 is 2.05. The van der Waals surface area contributed by atoms with E-state index in [-0.39, 0.29) is 5.91 Å². The van der Waals surface area contributed by atoms with Gasteiger partial charge >= 0.3 is 0 Å². The van der Waals surface area contributed by atoms with Crippen LogP contribution in [-0.4, -0.2) is 26.7 Å². The number of thiazole rings is 1. The monoisotopic (exact) mass is 339 g/mol. The first-order valence-corrected chi connectivity index (χ1v) is 9.20. The molecule has 4 heterocycles. The molecular formula is C17H13N3OS2.